The Hall–Kier alpha value is -0.960. The Morgan fingerprint density at radius 1 is 1.46 bits per heavy atom. The highest BCUT2D eigenvalue weighted by Crippen LogP contribution is 2.10. The molecule has 0 aliphatic rings. The number of rotatable bonds is 3. The van der Waals surface area contributed by atoms with E-state index in [2.05, 4.69) is 12.6 Å². The molecule has 0 fully saturated rings. The molecule has 0 heterocycles. The lowest BCUT2D eigenvalue weighted by molar-refractivity contribution is -0.134. The third-order valence-electron chi connectivity index (χ3n) is 1.44. The first-order valence-electron chi connectivity index (χ1n) is 4.12. The van der Waals surface area contributed by atoms with E-state index in [-0.39, 0.29) is 11.2 Å². The monoisotopic (exact) mass is 196 g/mol. The Balaban J connectivity index is 2.46. The first-order valence-corrected chi connectivity index (χ1v) is 4.64. The second-order valence-electron chi connectivity index (χ2n) is 2.84. The number of hydrogen-bond donors (Lipinski definition) is 1. The zero-order chi connectivity index (χ0) is 9.68. The molecule has 0 aromatic heterocycles. The maximum absolute atomic E-state index is 11.2. The third kappa shape index (κ3) is 3.99. The molecule has 1 aromatic rings. The maximum atomic E-state index is 11.2. The van der Waals surface area contributed by atoms with Gasteiger partial charge in [0.15, 0.2) is 0 Å². The summed E-state index contributed by atoms with van der Waals surface area (Å²) in [7, 11) is 0. The highest BCUT2D eigenvalue weighted by atomic mass is 32.1. The highest BCUT2D eigenvalue weighted by molar-refractivity contribution is 7.80. The van der Waals surface area contributed by atoms with E-state index in [1.807, 2.05) is 25.1 Å². The molecule has 1 atom stereocenters. The van der Waals surface area contributed by atoms with Crippen LogP contribution in [0, 0.1) is 0 Å². The molecule has 0 spiro atoms. The molecule has 1 rings (SSSR count). The van der Waals surface area contributed by atoms with Gasteiger partial charge in [-0.05, 0) is 12.1 Å². The van der Waals surface area contributed by atoms with Crippen LogP contribution in [0.2, 0.25) is 0 Å². The van der Waals surface area contributed by atoms with E-state index < -0.39 is 0 Å². The van der Waals surface area contributed by atoms with Crippen LogP contribution in [0.5, 0.6) is 5.75 Å². The predicted octanol–water partition coefficient (Wildman–Crippen LogP) is 2.30. The van der Waals surface area contributed by atoms with Crippen molar-refractivity contribution in [2.45, 2.75) is 18.6 Å². The molecule has 2 nitrogen and oxygen atoms in total. The molecule has 0 saturated heterocycles. The van der Waals surface area contributed by atoms with E-state index in [0.29, 0.717) is 12.2 Å². The summed E-state index contributed by atoms with van der Waals surface area (Å²) in [6, 6.07) is 9.03. The van der Waals surface area contributed by atoms with Gasteiger partial charge in [-0.1, -0.05) is 25.1 Å². The van der Waals surface area contributed by atoms with Crippen molar-refractivity contribution in [3.8, 4) is 5.75 Å². The molecule has 0 aliphatic heterocycles. The lowest BCUT2D eigenvalue weighted by Crippen LogP contribution is -2.11. The van der Waals surface area contributed by atoms with Crippen molar-refractivity contribution in [1.82, 2.24) is 0 Å². The average Bonchev–Trinajstić information content (AvgIpc) is 2.04. The maximum Gasteiger partial charge on any atom is 0.312 e. The van der Waals surface area contributed by atoms with Crippen LogP contribution >= 0.6 is 12.6 Å². The van der Waals surface area contributed by atoms with Gasteiger partial charge in [0.1, 0.15) is 5.75 Å². The van der Waals surface area contributed by atoms with Gasteiger partial charge in [0, 0.05) is 5.25 Å². The fourth-order valence-electron chi connectivity index (χ4n) is 0.903. The zero-order valence-corrected chi connectivity index (χ0v) is 8.33. The van der Waals surface area contributed by atoms with Gasteiger partial charge in [-0.25, -0.2) is 0 Å². The van der Waals surface area contributed by atoms with Gasteiger partial charge in [0.25, 0.3) is 0 Å². The normalized spacial score (nSPS) is 12.2. The Morgan fingerprint density at radius 3 is 2.62 bits per heavy atom. The second kappa shape index (κ2) is 4.92. The summed E-state index contributed by atoms with van der Waals surface area (Å²) in [5.41, 5.74) is 0. The number of benzene rings is 1. The number of ether oxygens (including phenoxy) is 1. The number of hydrogen-bond acceptors (Lipinski definition) is 3. The molecular weight excluding hydrogens is 184 g/mol. The minimum atomic E-state index is -0.242. The number of para-hydroxylation sites is 1. The van der Waals surface area contributed by atoms with Gasteiger partial charge in [0.2, 0.25) is 0 Å². The van der Waals surface area contributed by atoms with Crippen molar-refractivity contribution < 1.29 is 9.53 Å². The van der Waals surface area contributed by atoms with Gasteiger partial charge in [-0.15, -0.1) is 0 Å². The van der Waals surface area contributed by atoms with Crippen LogP contribution in [0.1, 0.15) is 13.3 Å². The summed E-state index contributed by atoms with van der Waals surface area (Å²) in [6.07, 6.45) is 0.331. The van der Waals surface area contributed by atoms with Crippen LogP contribution in [0.3, 0.4) is 0 Å². The van der Waals surface area contributed by atoms with Crippen LogP contribution in [0.4, 0.5) is 0 Å². The fraction of sp³-hybridized carbons (Fsp3) is 0.300. The summed E-state index contributed by atoms with van der Waals surface area (Å²) in [6.45, 7) is 1.86. The van der Waals surface area contributed by atoms with Gasteiger partial charge >= 0.3 is 5.97 Å². The Kier molecular flexibility index (Phi) is 3.83. The van der Waals surface area contributed by atoms with Crippen molar-refractivity contribution in [2.75, 3.05) is 0 Å². The fourth-order valence-corrected chi connectivity index (χ4v) is 1.05. The number of esters is 1. The zero-order valence-electron chi connectivity index (χ0n) is 7.43. The van der Waals surface area contributed by atoms with Crippen molar-refractivity contribution >= 4 is 18.6 Å². The molecule has 0 saturated carbocycles. The van der Waals surface area contributed by atoms with E-state index in [1.165, 1.54) is 0 Å². The largest absolute Gasteiger partial charge is 0.427 e. The second-order valence-corrected chi connectivity index (χ2v) is 3.72. The van der Waals surface area contributed by atoms with E-state index >= 15 is 0 Å². The molecule has 70 valence electrons. The minimum Gasteiger partial charge on any atom is -0.427 e. The molecule has 1 aromatic carbocycles. The van der Waals surface area contributed by atoms with E-state index in [9.17, 15) is 4.79 Å². The molecule has 0 N–H and O–H groups in total. The summed E-state index contributed by atoms with van der Waals surface area (Å²) in [4.78, 5) is 11.2. The lowest BCUT2D eigenvalue weighted by atomic mass is 10.3. The quantitative estimate of drug-likeness (QED) is 0.456. The van der Waals surface area contributed by atoms with Crippen molar-refractivity contribution in [1.29, 1.82) is 0 Å². The Labute approximate surface area is 83.3 Å². The van der Waals surface area contributed by atoms with Crippen LogP contribution in [0.15, 0.2) is 30.3 Å². The summed E-state index contributed by atoms with van der Waals surface area (Å²) in [5.74, 6) is 0.343. The predicted molar refractivity (Wildman–Crippen MR) is 55.1 cm³/mol. The molecule has 0 radical (unpaired) electrons. The Bertz CT molecular complexity index is 270. The van der Waals surface area contributed by atoms with Crippen LogP contribution in [0.25, 0.3) is 0 Å². The van der Waals surface area contributed by atoms with Crippen molar-refractivity contribution in [3.05, 3.63) is 30.3 Å². The van der Waals surface area contributed by atoms with Gasteiger partial charge in [0.05, 0.1) is 6.42 Å². The molecule has 0 amide bonds. The van der Waals surface area contributed by atoms with Crippen LogP contribution in [-0.2, 0) is 4.79 Å². The van der Waals surface area contributed by atoms with Crippen LogP contribution < -0.4 is 4.74 Å². The smallest absolute Gasteiger partial charge is 0.312 e. The molecule has 13 heavy (non-hydrogen) atoms. The van der Waals surface area contributed by atoms with Crippen molar-refractivity contribution in [3.63, 3.8) is 0 Å². The van der Waals surface area contributed by atoms with Gasteiger partial charge in [-0.2, -0.15) is 12.6 Å². The number of thiol groups is 1. The first-order chi connectivity index (χ1) is 6.18. The lowest BCUT2D eigenvalue weighted by Gasteiger charge is -2.04. The molecule has 0 bridgehead atoms. The average molecular weight is 196 g/mol. The minimum absolute atomic E-state index is 0.0382. The van der Waals surface area contributed by atoms with Crippen LogP contribution in [-0.4, -0.2) is 11.2 Å². The van der Waals surface area contributed by atoms with Crippen molar-refractivity contribution in [2.24, 2.45) is 0 Å². The van der Waals surface area contributed by atoms with Gasteiger partial charge in [-0.3, -0.25) is 4.79 Å². The molecular formula is C10H12O2S. The number of carbonyl (C=O) groups excluding carboxylic acids is 1. The van der Waals surface area contributed by atoms with E-state index in [4.69, 9.17) is 4.74 Å². The molecule has 0 aliphatic carbocycles. The topological polar surface area (TPSA) is 26.3 Å². The Morgan fingerprint density at radius 2 is 2.08 bits per heavy atom. The summed E-state index contributed by atoms with van der Waals surface area (Å²) < 4.78 is 5.04. The highest BCUT2D eigenvalue weighted by Gasteiger charge is 2.06. The summed E-state index contributed by atoms with van der Waals surface area (Å²) >= 11 is 4.10. The molecule has 3 heteroatoms. The number of carbonyl (C=O) groups is 1. The molecule has 1 unspecified atom stereocenters. The van der Waals surface area contributed by atoms with E-state index in [0.717, 1.165) is 0 Å². The van der Waals surface area contributed by atoms with Gasteiger partial charge < -0.3 is 4.74 Å². The first kappa shape index (κ1) is 10.1. The SMILES string of the molecule is CC(S)CC(=O)Oc1ccccc1. The third-order valence-corrected chi connectivity index (χ3v) is 1.62. The van der Waals surface area contributed by atoms with E-state index in [1.54, 1.807) is 12.1 Å². The summed E-state index contributed by atoms with van der Waals surface area (Å²) in [5, 5.41) is 0.0382. The standard InChI is InChI=1S/C10H12O2S/c1-8(13)7-10(11)12-9-5-3-2-4-6-9/h2-6,8,13H,7H2,1H3.